The molecule has 0 unspecified atom stereocenters. The Morgan fingerprint density at radius 2 is 1.36 bits per heavy atom. The molecule has 0 aliphatic heterocycles. The van der Waals surface area contributed by atoms with E-state index in [1.54, 1.807) is 36.4 Å². The number of hydrogen-bond acceptors (Lipinski definition) is 9. The highest BCUT2D eigenvalue weighted by Gasteiger charge is 2.17. The van der Waals surface area contributed by atoms with Crippen LogP contribution in [-0.4, -0.2) is 27.2 Å². The summed E-state index contributed by atoms with van der Waals surface area (Å²) in [6, 6.07) is 10.6. The van der Waals surface area contributed by atoms with Gasteiger partial charge < -0.3 is 36.6 Å². The molecule has 0 radical (unpaired) electrons. The number of nitrogens with one attached hydrogen (secondary N) is 2. The molecule has 2 aromatic rings. The molecule has 0 aliphatic carbocycles. The van der Waals surface area contributed by atoms with Crippen molar-refractivity contribution < 1.29 is 14.2 Å². The van der Waals surface area contributed by atoms with Crippen LogP contribution in [0.2, 0.25) is 0 Å². The maximum absolute atomic E-state index is 6.38. The van der Waals surface area contributed by atoms with Gasteiger partial charge in [-0.15, -0.1) is 0 Å². The summed E-state index contributed by atoms with van der Waals surface area (Å²) < 4.78 is 16.1. The summed E-state index contributed by atoms with van der Waals surface area (Å²) in [5.41, 5.74) is 14.4. The van der Waals surface area contributed by atoms with Gasteiger partial charge in [-0.2, -0.15) is 5.10 Å². The van der Waals surface area contributed by atoms with E-state index >= 15 is 0 Å². The minimum atomic E-state index is 0.343. The van der Waals surface area contributed by atoms with Crippen LogP contribution in [0, 0.1) is 0 Å². The topological polar surface area (TPSA) is 168 Å². The summed E-state index contributed by atoms with van der Waals surface area (Å²) in [5.74, 6) is 18.2. The third kappa shape index (κ3) is 4.03. The summed E-state index contributed by atoms with van der Waals surface area (Å²) in [6.07, 6.45) is 0. The number of ether oxygens (including phenoxy) is 3. The van der Waals surface area contributed by atoms with Crippen LogP contribution in [0.3, 0.4) is 0 Å². The van der Waals surface area contributed by atoms with Crippen molar-refractivity contribution in [2.75, 3.05) is 21.3 Å². The van der Waals surface area contributed by atoms with Crippen molar-refractivity contribution in [1.29, 1.82) is 0 Å². The number of nitrogens with zero attached hydrogens (tertiary/aromatic N) is 1. The molecule has 0 aromatic heterocycles. The fraction of sp³-hybridized carbons (Fsp3) is 0.167. The third-order valence-corrected chi connectivity index (χ3v) is 4.10. The number of rotatable bonds is 7. The molecule has 0 amide bonds. The highest BCUT2D eigenvalue weighted by molar-refractivity contribution is 5.98. The van der Waals surface area contributed by atoms with Crippen molar-refractivity contribution in [3.8, 4) is 17.2 Å². The van der Waals surface area contributed by atoms with Crippen molar-refractivity contribution in [3.63, 3.8) is 0 Å². The van der Waals surface area contributed by atoms with Crippen molar-refractivity contribution in [1.82, 2.24) is 10.9 Å². The van der Waals surface area contributed by atoms with Crippen LogP contribution >= 0.6 is 0 Å². The maximum atomic E-state index is 6.38. The lowest BCUT2D eigenvalue weighted by molar-refractivity contribution is 0.324. The van der Waals surface area contributed by atoms with Gasteiger partial charge in [0, 0.05) is 16.7 Å². The summed E-state index contributed by atoms with van der Waals surface area (Å²) in [7, 11) is 4.59. The largest absolute Gasteiger partial charge is 0.493 e. The summed E-state index contributed by atoms with van der Waals surface area (Å²) in [6.45, 7) is 0. The Labute approximate surface area is 163 Å². The van der Waals surface area contributed by atoms with Gasteiger partial charge in [-0.3, -0.25) is 5.84 Å². The molecule has 0 atom stereocenters. The molecular formula is C18H25N7O3. The average molecular weight is 387 g/mol. The van der Waals surface area contributed by atoms with E-state index in [2.05, 4.69) is 16.0 Å². The van der Waals surface area contributed by atoms with Gasteiger partial charge in [-0.05, 0) is 12.1 Å². The van der Waals surface area contributed by atoms with Crippen molar-refractivity contribution in [2.24, 2.45) is 28.4 Å². The number of hydrazone groups is 1. The Kier molecular flexibility index (Phi) is 6.90. The first-order valence-electron chi connectivity index (χ1n) is 8.16. The lowest BCUT2D eigenvalue weighted by Crippen LogP contribution is -2.32. The molecule has 2 aromatic carbocycles. The van der Waals surface area contributed by atoms with Crippen molar-refractivity contribution in [3.05, 3.63) is 53.1 Å². The lowest BCUT2D eigenvalue weighted by atomic mass is 10.0. The molecule has 28 heavy (non-hydrogen) atoms. The van der Waals surface area contributed by atoms with Gasteiger partial charge in [0.15, 0.2) is 17.3 Å². The van der Waals surface area contributed by atoms with E-state index in [0.717, 1.165) is 5.56 Å². The molecule has 2 rings (SSSR count). The van der Waals surface area contributed by atoms with Crippen LogP contribution < -0.4 is 48.3 Å². The van der Waals surface area contributed by atoms with Gasteiger partial charge in [0.25, 0.3) is 0 Å². The zero-order chi connectivity index (χ0) is 20.7. The van der Waals surface area contributed by atoms with Crippen molar-refractivity contribution >= 4 is 17.2 Å². The number of hydrogen-bond donors (Lipinski definition) is 6. The Balaban J connectivity index is 2.55. The van der Waals surface area contributed by atoms with Gasteiger partial charge in [-0.25, -0.2) is 5.84 Å². The van der Waals surface area contributed by atoms with E-state index in [9.17, 15) is 0 Å². The molecule has 0 saturated heterocycles. The quantitative estimate of drug-likeness (QED) is 0.126. The van der Waals surface area contributed by atoms with Gasteiger partial charge in [-0.1, -0.05) is 24.3 Å². The van der Waals surface area contributed by atoms with Crippen LogP contribution in [0.5, 0.6) is 17.2 Å². The minimum Gasteiger partial charge on any atom is -0.493 e. The summed E-state index contributed by atoms with van der Waals surface area (Å²) in [4.78, 5) is 0. The minimum absolute atomic E-state index is 0.343. The molecular weight excluding hydrogens is 362 g/mol. The van der Waals surface area contributed by atoms with Crippen LogP contribution in [-0.2, 0) is 0 Å². The predicted molar refractivity (Wildman–Crippen MR) is 109 cm³/mol. The molecule has 10 heteroatoms. The molecule has 0 bridgehead atoms. The third-order valence-electron chi connectivity index (χ3n) is 4.10. The van der Waals surface area contributed by atoms with E-state index in [-0.39, 0.29) is 0 Å². The first kappa shape index (κ1) is 20.7. The fourth-order valence-corrected chi connectivity index (χ4v) is 2.69. The second-order valence-electron chi connectivity index (χ2n) is 5.55. The zero-order valence-corrected chi connectivity index (χ0v) is 15.9. The number of benzene rings is 2. The monoisotopic (exact) mass is 387 g/mol. The Morgan fingerprint density at radius 1 is 0.821 bits per heavy atom. The van der Waals surface area contributed by atoms with E-state index < -0.39 is 0 Å². The zero-order valence-electron chi connectivity index (χ0n) is 15.9. The number of methoxy groups -OCH3 is 3. The normalized spacial score (nSPS) is 12.1. The predicted octanol–water partition coefficient (Wildman–Crippen LogP) is 0.0438. The molecule has 150 valence electrons. The highest BCUT2D eigenvalue weighted by Crippen LogP contribution is 2.40. The molecule has 0 aliphatic rings. The van der Waals surface area contributed by atoms with Gasteiger partial charge in [0.1, 0.15) is 0 Å². The van der Waals surface area contributed by atoms with Crippen LogP contribution in [0.15, 0.2) is 41.5 Å². The van der Waals surface area contributed by atoms with E-state index in [4.69, 9.17) is 37.5 Å². The highest BCUT2D eigenvalue weighted by atomic mass is 16.5. The van der Waals surface area contributed by atoms with Crippen LogP contribution in [0.25, 0.3) is 11.4 Å². The van der Waals surface area contributed by atoms with Crippen LogP contribution in [0.4, 0.5) is 0 Å². The average Bonchev–Trinajstić information content (AvgIpc) is 2.74. The molecule has 0 fully saturated rings. The molecule has 0 saturated carbocycles. The Bertz CT molecular complexity index is 854. The lowest BCUT2D eigenvalue weighted by Gasteiger charge is -2.17. The first-order chi connectivity index (χ1) is 13.5. The van der Waals surface area contributed by atoms with Crippen LogP contribution in [0.1, 0.15) is 16.7 Å². The molecule has 0 spiro atoms. The molecule has 0 heterocycles. The summed E-state index contributed by atoms with van der Waals surface area (Å²) in [5, 5.41) is 3.57. The van der Waals surface area contributed by atoms with Gasteiger partial charge >= 0.3 is 0 Å². The summed E-state index contributed by atoms with van der Waals surface area (Å²) >= 11 is 0. The Hall–Kier alpha value is -3.63. The van der Waals surface area contributed by atoms with E-state index in [1.807, 2.05) is 0 Å². The second-order valence-corrected chi connectivity index (χ2v) is 5.55. The molecule has 10 N–H and O–H groups in total. The maximum Gasteiger partial charge on any atom is 0.203 e. The number of amidine groups is 1. The SMILES string of the molecule is COc1cc(/C(N)=C(/NN)c2ccc(/C(=N/N)NN)cc2)cc(OC)c1OC. The number of hydrazine groups is 2. The second kappa shape index (κ2) is 9.35. The van der Waals surface area contributed by atoms with Gasteiger partial charge in [0.2, 0.25) is 5.75 Å². The standard InChI is InChI=1S/C18H25N7O3/c1-26-13-8-12(9-14(27-2)17(13)28-3)15(19)16(23-20)10-4-6-11(7-5-10)18(24-21)25-22/h4-9,23H,19-22H2,1-3H3,(H,24,25)/b16-15-. The smallest absolute Gasteiger partial charge is 0.203 e. The fourth-order valence-electron chi connectivity index (χ4n) is 2.69. The molecule has 10 nitrogen and oxygen atoms in total. The number of nitrogens with two attached hydrogens (primary N) is 4. The van der Waals surface area contributed by atoms with E-state index in [0.29, 0.717) is 45.6 Å². The first-order valence-corrected chi connectivity index (χ1v) is 8.16. The van der Waals surface area contributed by atoms with E-state index in [1.165, 1.54) is 21.3 Å². The Morgan fingerprint density at radius 3 is 1.75 bits per heavy atom. The van der Waals surface area contributed by atoms with Crippen molar-refractivity contribution in [2.45, 2.75) is 0 Å². The van der Waals surface area contributed by atoms with Gasteiger partial charge in [0.05, 0.1) is 32.7 Å².